The summed E-state index contributed by atoms with van der Waals surface area (Å²) < 4.78 is 2.23. The summed E-state index contributed by atoms with van der Waals surface area (Å²) in [4.78, 5) is 19.6. The highest BCUT2D eigenvalue weighted by Crippen LogP contribution is 2.43. The van der Waals surface area contributed by atoms with Crippen LogP contribution in [0.15, 0.2) is 23.6 Å². The monoisotopic (exact) mass is 305 g/mol. The number of hydrogen-bond acceptors (Lipinski definition) is 4. The topological polar surface area (TPSA) is 68.0 Å². The molecule has 1 aliphatic carbocycles. The third-order valence-corrected chi connectivity index (χ3v) is 5.48. The first-order valence-corrected chi connectivity index (χ1v) is 8.23. The van der Waals surface area contributed by atoms with Crippen molar-refractivity contribution in [1.82, 2.24) is 14.5 Å². The van der Waals surface area contributed by atoms with Crippen molar-refractivity contribution in [3.05, 3.63) is 18.5 Å². The molecule has 0 amide bonds. The maximum atomic E-state index is 10.9. The predicted octanol–water partition coefficient (Wildman–Crippen LogP) is 3.22. The van der Waals surface area contributed by atoms with Gasteiger partial charge >= 0.3 is 5.97 Å². The molecule has 1 fully saturated rings. The molecule has 1 aliphatic rings. The first-order chi connectivity index (χ1) is 10.1. The fraction of sp³-hybridized carbons (Fsp3) is 0.533. The fourth-order valence-electron chi connectivity index (χ4n) is 3.18. The minimum absolute atomic E-state index is 0.0351. The minimum atomic E-state index is -0.815. The number of nitrogens with zero attached hydrogens (tertiary/aromatic N) is 3. The van der Waals surface area contributed by atoms with Crippen LogP contribution in [0.2, 0.25) is 0 Å². The van der Waals surface area contributed by atoms with Crippen molar-refractivity contribution in [3.63, 3.8) is 0 Å². The number of carbonyl (C=O) groups is 1. The Balaban J connectivity index is 2.05. The summed E-state index contributed by atoms with van der Waals surface area (Å²) in [6, 6.07) is 2.37. The van der Waals surface area contributed by atoms with E-state index in [0.29, 0.717) is 17.9 Å². The fourth-order valence-corrected chi connectivity index (χ4v) is 3.97. The lowest BCUT2D eigenvalue weighted by Crippen LogP contribution is -2.16. The lowest BCUT2D eigenvalue weighted by molar-refractivity contribution is -0.133. The zero-order chi connectivity index (χ0) is 15.0. The summed E-state index contributed by atoms with van der Waals surface area (Å²) in [7, 11) is 0. The van der Waals surface area contributed by atoms with Gasteiger partial charge in [-0.1, -0.05) is 25.6 Å². The highest BCUT2D eigenvalue weighted by atomic mass is 32.2. The van der Waals surface area contributed by atoms with E-state index in [-0.39, 0.29) is 5.75 Å². The van der Waals surface area contributed by atoms with Gasteiger partial charge in [0.2, 0.25) is 0 Å². The second-order valence-corrected chi connectivity index (χ2v) is 6.73. The van der Waals surface area contributed by atoms with Gasteiger partial charge in [0.25, 0.3) is 0 Å². The molecule has 2 aromatic heterocycles. The summed E-state index contributed by atoms with van der Waals surface area (Å²) >= 11 is 1.30. The molecule has 1 saturated carbocycles. The third kappa shape index (κ3) is 2.64. The Morgan fingerprint density at radius 1 is 1.48 bits per heavy atom. The van der Waals surface area contributed by atoms with E-state index in [1.807, 2.05) is 6.07 Å². The van der Waals surface area contributed by atoms with Gasteiger partial charge in [-0.3, -0.25) is 9.78 Å². The molecule has 6 heteroatoms. The van der Waals surface area contributed by atoms with Gasteiger partial charge in [-0.2, -0.15) is 0 Å². The molecule has 3 unspecified atom stereocenters. The van der Waals surface area contributed by atoms with E-state index in [1.165, 1.54) is 18.2 Å². The van der Waals surface area contributed by atoms with Crippen molar-refractivity contribution in [2.24, 2.45) is 11.8 Å². The van der Waals surface area contributed by atoms with Gasteiger partial charge in [-0.25, -0.2) is 4.98 Å². The summed E-state index contributed by atoms with van der Waals surface area (Å²) in [5.74, 6) is 0.476. The van der Waals surface area contributed by atoms with Crippen LogP contribution < -0.4 is 0 Å². The number of carboxylic acid groups (broad SMARTS) is 1. The van der Waals surface area contributed by atoms with Gasteiger partial charge in [0.15, 0.2) is 5.16 Å². The second kappa shape index (κ2) is 5.67. The zero-order valence-corrected chi connectivity index (χ0v) is 13.0. The van der Waals surface area contributed by atoms with E-state index in [2.05, 4.69) is 28.4 Å². The molecule has 0 spiro atoms. The molecule has 0 radical (unpaired) electrons. The number of fused-ring (bicyclic) bond motifs is 1. The van der Waals surface area contributed by atoms with E-state index in [4.69, 9.17) is 5.11 Å². The van der Waals surface area contributed by atoms with Gasteiger partial charge in [0.05, 0.1) is 17.5 Å². The molecule has 0 aromatic carbocycles. The van der Waals surface area contributed by atoms with Crippen LogP contribution in [0.25, 0.3) is 11.0 Å². The molecular weight excluding hydrogens is 286 g/mol. The molecule has 112 valence electrons. The maximum Gasteiger partial charge on any atom is 0.313 e. The van der Waals surface area contributed by atoms with Crippen LogP contribution in [0.3, 0.4) is 0 Å². The molecule has 0 bridgehead atoms. The van der Waals surface area contributed by atoms with Crippen molar-refractivity contribution in [2.45, 2.75) is 37.9 Å². The van der Waals surface area contributed by atoms with Crippen LogP contribution >= 0.6 is 11.8 Å². The first-order valence-electron chi connectivity index (χ1n) is 7.24. The first kappa shape index (κ1) is 14.4. The number of hydrogen-bond donors (Lipinski definition) is 1. The molecule has 1 N–H and O–H groups in total. The standard InChI is InChI=1S/C15H19N3O2S/c1-9-3-4-12(10(9)2)18-13-5-6-16-7-11(13)17-15(18)21-8-14(19)20/h5-7,9-10,12H,3-4,8H2,1-2H3,(H,19,20). The van der Waals surface area contributed by atoms with Crippen LogP contribution in [0.4, 0.5) is 0 Å². The highest BCUT2D eigenvalue weighted by Gasteiger charge is 2.33. The number of carboxylic acids is 1. The third-order valence-electron chi connectivity index (χ3n) is 4.54. The predicted molar refractivity (Wildman–Crippen MR) is 82.5 cm³/mol. The van der Waals surface area contributed by atoms with Gasteiger partial charge in [-0.05, 0) is 30.7 Å². The van der Waals surface area contributed by atoms with Crippen LogP contribution in [0, 0.1) is 11.8 Å². The van der Waals surface area contributed by atoms with E-state index in [1.54, 1.807) is 12.4 Å². The molecule has 3 rings (SSSR count). The average molecular weight is 305 g/mol. The number of rotatable bonds is 4. The van der Waals surface area contributed by atoms with E-state index >= 15 is 0 Å². The molecular formula is C15H19N3O2S. The maximum absolute atomic E-state index is 10.9. The normalized spacial score (nSPS) is 25.5. The Morgan fingerprint density at radius 3 is 2.95 bits per heavy atom. The molecule has 2 heterocycles. The molecule has 5 nitrogen and oxygen atoms in total. The van der Waals surface area contributed by atoms with E-state index in [0.717, 1.165) is 22.6 Å². The molecule has 0 saturated heterocycles. The van der Waals surface area contributed by atoms with Crippen LogP contribution in [-0.2, 0) is 4.79 Å². The van der Waals surface area contributed by atoms with Crippen molar-refractivity contribution >= 4 is 28.8 Å². The van der Waals surface area contributed by atoms with Gasteiger partial charge < -0.3 is 9.67 Å². The van der Waals surface area contributed by atoms with Crippen LogP contribution in [0.5, 0.6) is 0 Å². The van der Waals surface area contributed by atoms with Crippen LogP contribution in [0.1, 0.15) is 32.7 Å². The summed E-state index contributed by atoms with van der Waals surface area (Å²) in [6.07, 6.45) is 5.85. The molecule has 2 aromatic rings. The lowest BCUT2D eigenvalue weighted by atomic mass is 9.97. The van der Waals surface area contributed by atoms with Gasteiger partial charge in [-0.15, -0.1) is 0 Å². The largest absolute Gasteiger partial charge is 0.481 e. The molecule has 3 atom stereocenters. The Labute approximate surface area is 127 Å². The second-order valence-electron chi connectivity index (χ2n) is 5.79. The summed E-state index contributed by atoms with van der Waals surface area (Å²) in [6.45, 7) is 4.57. The van der Waals surface area contributed by atoms with Crippen LogP contribution in [-0.4, -0.2) is 31.4 Å². The summed E-state index contributed by atoms with van der Waals surface area (Å²) in [5, 5.41) is 9.73. The zero-order valence-electron chi connectivity index (χ0n) is 12.2. The number of pyridine rings is 1. The number of aromatic nitrogens is 3. The van der Waals surface area contributed by atoms with Crippen molar-refractivity contribution in [3.8, 4) is 0 Å². The van der Waals surface area contributed by atoms with Crippen molar-refractivity contribution in [1.29, 1.82) is 0 Å². The molecule has 21 heavy (non-hydrogen) atoms. The Morgan fingerprint density at radius 2 is 2.29 bits per heavy atom. The van der Waals surface area contributed by atoms with Gasteiger partial charge in [0.1, 0.15) is 5.52 Å². The number of aliphatic carboxylic acids is 1. The Kier molecular flexibility index (Phi) is 3.89. The summed E-state index contributed by atoms with van der Waals surface area (Å²) in [5.41, 5.74) is 1.90. The number of thioether (sulfide) groups is 1. The lowest BCUT2D eigenvalue weighted by Gasteiger charge is -2.22. The Bertz CT molecular complexity index is 670. The van der Waals surface area contributed by atoms with Crippen molar-refractivity contribution < 1.29 is 9.90 Å². The SMILES string of the molecule is CC1CCC(n2c(SCC(=O)O)nc3cnccc32)C1C. The number of imidazole rings is 1. The Hall–Kier alpha value is -1.56. The van der Waals surface area contributed by atoms with E-state index in [9.17, 15) is 4.79 Å². The van der Waals surface area contributed by atoms with Crippen molar-refractivity contribution in [2.75, 3.05) is 5.75 Å². The quantitative estimate of drug-likeness (QED) is 0.878. The average Bonchev–Trinajstić information content (AvgIpc) is 2.98. The smallest absolute Gasteiger partial charge is 0.313 e. The highest BCUT2D eigenvalue weighted by molar-refractivity contribution is 7.99. The van der Waals surface area contributed by atoms with E-state index < -0.39 is 5.97 Å². The molecule has 0 aliphatic heterocycles. The minimum Gasteiger partial charge on any atom is -0.481 e. The van der Waals surface area contributed by atoms with Gasteiger partial charge in [0, 0.05) is 12.2 Å².